The standard InChI is InChI=1S/C17H26N2O2/c1-3-6-13-9-10-16(18-2)15(11-13)12-14-7-4-5-8-17(14)19(20)21/h4-5,7-8,13,15-16,18H,3,6,9-12H2,1-2H3. The second kappa shape index (κ2) is 7.55. The minimum Gasteiger partial charge on any atom is -0.317 e. The molecule has 0 aromatic heterocycles. The molecule has 1 saturated carbocycles. The Morgan fingerprint density at radius 2 is 2.10 bits per heavy atom. The molecule has 0 bridgehead atoms. The van der Waals surface area contributed by atoms with Gasteiger partial charge in [0, 0.05) is 17.7 Å². The van der Waals surface area contributed by atoms with E-state index in [1.54, 1.807) is 12.1 Å². The first-order valence-electron chi connectivity index (χ1n) is 8.05. The van der Waals surface area contributed by atoms with Gasteiger partial charge in [0.1, 0.15) is 0 Å². The number of hydrogen-bond acceptors (Lipinski definition) is 3. The van der Waals surface area contributed by atoms with Gasteiger partial charge in [-0.05, 0) is 44.6 Å². The van der Waals surface area contributed by atoms with E-state index in [4.69, 9.17) is 0 Å². The second-order valence-electron chi connectivity index (χ2n) is 6.21. The molecule has 1 aliphatic rings. The fourth-order valence-corrected chi connectivity index (χ4v) is 3.78. The molecule has 0 spiro atoms. The van der Waals surface area contributed by atoms with Gasteiger partial charge in [-0.25, -0.2) is 0 Å². The maximum Gasteiger partial charge on any atom is 0.272 e. The van der Waals surface area contributed by atoms with Gasteiger partial charge in [-0.15, -0.1) is 0 Å². The van der Waals surface area contributed by atoms with Gasteiger partial charge in [0.05, 0.1) is 4.92 Å². The molecule has 3 unspecified atom stereocenters. The van der Waals surface area contributed by atoms with Gasteiger partial charge < -0.3 is 5.32 Å². The number of para-hydroxylation sites is 1. The monoisotopic (exact) mass is 290 g/mol. The largest absolute Gasteiger partial charge is 0.317 e. The Bertz CT molecular complexity index is 476. The summed E-state index contributed by atoms with van der Waals surface area (Å²) >= 11 is 0. The number of nitrogens with one attached hydrogen (secondary N) is 1. The highest BCUT2D eigenvalue weighted by Gasteiger charge is 2.30. The Balaban J connectivity index is 2.13. The zero-order valence-electron chi connectivity index (χ0n) is 13.0. The van der Waals surface area contributed by atoms with Crippen molar-refractivity contribution in [2.45, 2.75) is 51.5 Å². The lowest BCUT2D eigenvalue weighted by molar-refractivity contribution is -0.385. The predicted octanol–water partition coefficient (Wildman–Crippen LogP) is 3.94. The third-order valence-electron chi connectivity index (χ3n) is 4.83. The summed E-state index contributed by atoms with van der Waals surface area (Å²) in [6.45, 7) is 2.24. The van der Waals surface area contributed by atoms with E-state index in [0.29, 0.717) is 12.0 Å². The van der Waals surface area contributed by atoms with Crippen LogP contribution >= 0.6 is 0 Å². The highest BCUT2D eigenvalue weighted by molar-refractivity contribution is 5.40. The maximum atomic E-state index is 11.2. The summed E-state index contributed by atoms with van der Waals surface area (Å²) in [6.07, 6.45) is 6.98. The topological polar surface area (TPSA) is 55.2 Å². The molecule has 4 heteroatoms. The average molecular weight is 290 g/mol. The summed E-state index contributed by atoms with van der Waals surface area (Å²) in [5.74, 6) is 1.29. The van der Waals surface area contributed by atoms with Crippen molar-refractivity contribution in [3.8, 4) is 0 Å². The van der Waals surface area contributed by atoms with Crippen LogP contribution in [0.25, 0.3) is 0 Å². The predicted molar refractivity (Wildman–Crippen MR) is 85.4 cm³/mol. The summed E-state index contributed by atoms with van der Waals surface area (Å²) in [5, 5.41) is 14.6. The average Bonchev–Trinajstić information content (AvgIpc) is 2.48. The van der Waals surface area contributed by atoms with Crippen molar-refractivity contribution in [2.24, 2.45) is 11.8 Å². The summed E-state index contributed by atoms with van der Waals surface area (Å²) in [4.78, 5) is 10.9. The molecule has 1 aromatic rings. The van der Waals surface area contributed by atoms with E-state index in [2.05, 4.69) is 12.2 Å². The molecule has 1 aromatic carbocycles. The van der Waals surface area contributed by atoms with Crippen molar-refractivity contribution < 1.29 is 4.92 Å². The van der Waals surface area contributed by atoms with Gasteiger partial charge in [0.15, 0.2) is 0 Å². The molecule has 1 N–H and O–H groups in total. The fourth-order valence-electron chi connectivity index (χ4n) is 3.78. The van der Waals surface area contributed by atoms with Crippen molar-refractivity contribution in [2.75, 3.05) is 7.05 Å². The van der Waals surface area contributed by atoms with E-state index in [1.807, 2.05) is 19.2 Å². The van der Waals surface area contributed by atoms with Crippen LogP contribution in [-0.4, -0.2) is 18.0 Å². The molecule has 21 heavy (non-hydrogen) atoms. The number of nitrogens with zero attached hydrogens (tertiary/aromatic N) is 1. The minimum atomic E-state index is -0.254. The van der Waals surface area contributed by atoms with Crippen molar-refractivity contribution in [1.29, 1.82) is 0 Å². The molecule has 4 nitrogen and oxygen atoms in total. The number of rotatable bonds is 6. The zero-order valence-corrected chi connectivity index (χ0v) is 13.0. The highest BCUT2D eigenvalue weighted by atomic mass is 16.6. The lowest BCUT2D eigenvalue weighted by Gasteiger charge is -2.36. The van der Waals surface area contributed by atoms with Crippen LogP contribution in [0.4, 0.5) is 5.69 Å². The van der Waals surface area contributed by atoms with E-state index in [1.165, 1.54) is 32.1 Å². The number of benzene rings is 1. The zero-order chi connectivity index (χ0) is 15.2. The summed E-state index contributed by atoms with van der Waals surface area (Å²) in [7, 11) is 2.01. The van der Waals surface area contributed by atoms with Crippen molar-refractivity contribution in [3.05, 3.63) is 39.9 Å². The minimum absolute atomic E-state index is 0.254. The van der Waals surface area contributed by atoms with Crippen LogP contribution in [0.3, 0.4) is 0 Å². The van der Waals surface area contributed by atoms with Crippen molar-refractivity contribution in [1.82, 2.24) is 5.32 Å². The van der Waals surface area contributed by atoms with Gasteiger partial charge in [-0.1, -0.05) is 38.0 Å². The third-order valence-corrected chi connectivity index (χ3v) is 4.83. The fraction of sp³-hybridized carbons (Fsp3) is 0.647. The van der Waals surface area contributed by atoms with Gasteiger partial charge in [0.25, 0.3) is 5.69 Å². The van der Waals surface area contributed by atoms with E-state index in [-0.39, 0.29) is 10.6 Å². The van der Waals surface area contributed by atoms with Crippen LogP contribution in [0, 0.1) is 22.0 Å². The molecule has 0 amide bonds. The van der Waals surface area contributed by atoms with E-state index >= 15 is 0 Å². The van der Waals surface area contributed by atoms with Crippen LogP contribution in [0.5, 0.6) is 0 Å². The normalized spacial score (nSPS) is 25.7. The molecule has 0 radical (unpaired) electrons. The van der Waals surface area contributed by atoms with E-state index in [0.717, 1.165) is 17.9 Å². The van der Waals surface area contributed by atoms with E-state index in [9.17, 15) is 10.1 Å². The molecule has 1 fully saturated rings. The van der Waals surface area contributed by atoms with Crippen LogP contribution in [-0.2, 0) is 6.42 Å². The Morgan fingerprint density at radius 3 is 2.76 bits per heavy atom. The second-order valence-corrected chi connectivity index (χ2v) is 6.21. The van der Waals surface area contributed by atoms with Crippen molar-refractivity contribution in [3.63, 3.8) is 0 Å². The Hall–Kier alpha value is -1.42. The van der Waals surface area contributed by atoms with Crippen LogP contribution in [0.1, 0.15) is 44.6 Å². The summed E-state index contributed by atoms with van der Waals surface area (Å²) in [5.41, 5.74) is 1.15. The van der Waals surface area contributed by atoms with Crippen LogP contribution < -0.4 is 5.32 Å². The number of nitro benzene ring substituents is 1. The molecule has 2 rings (SSSR count). The highest BCUT2D eigenvalue weighted by Crippen LogP contribution is 2.35. The molecule has 1 aliphatic carbocycles. The Kier molecular flexibility index (Phi) is 5.74. The number of hydrogen-bond donors (Lipinski definition) is 1. The molecule has 116 valence electrons. The first-order valence-corrected chi connectivity index (χ1v) is 8.05. The lowest BCUT2D eigenvalue weighted by atomic mass is 9.74. The molecule has 0 heterocycles. The Morgan fingerprint density at radius 1 is 1.33 bits per heavy atom. The summed E-state index contributed by atoms with van der Waals surface area (Å²) in [6, 6.07) is 7.67. The quantitative estimate of drug-likeness (QED) is 0.637. The van der Waals surface area contributed by atoms with Gasteiger partial charge >= 0.3 is 0 Å². The molecule has 0 aliphatic heterocycles. The smallest absolute Gasteiger partial charge is 0.272 e. The number of nitro groups is 1. The van der Waals surface area contributed by atoms with Gasteiger partial charge in [-0.3, -0.25) is 10.1 Å². The maximum absolute atomic E-state index is 11.2. The third kappa shape index (κ3) is 4.03. The van der Waals surface area contributed by atoms with Crippen LogP contribution in [0.2, 0.25) is 0 Å². The molecule has 0 saturated heterocycles. The molecular weight excluding hydrogens is 264 g/mol. The van der Waals surface area contributed by atoms with Crippen LogP contribution in [0.15, 0.2) is 24.3 Å². The summed E-state index contributed by atoms with van der Waals surface area (Å²) < 4.78 is 0. The first kappa shape index (κ1) is 16.0. The molecular formula is C17H26N2O2. The Labute approximate surface area is 127 Å². The first-order chi connectivity index (χ1) is 10.2. The molecule has 3 atom stereocenters. The van der Waals surface area contributed by atoms with E-state index < -0.39 is 0 Å². The van der Waals surface area contributed by atoms with Gasteiger partial charge in [-0.2, -0.15) is 0 Å². The van der Waals surface area contributed by atoms with Gasteiger partial charge in [0.2, 0.25) is 0 Å². The SMILES string of the molecule is CCCC1CCC(NC)C(Cc2ccccc2[N+](=O)[O-])C1. The lowest BCUT2D eigenvalue weighted by Crippen LogP contribution is -2.39. The van der Waals surface area contributed by atoms with Crippen molar-refractivity contribution >= 4 is 5.69 Å².